The van der Waals surface area contributed by atoms with E-state index >= 15 is 0 Å². The van der Waals surface area contributed by atoms with Gasteiger partial charge in [-0.2, -0.15) is 0 Å². The van der Waals surface area contributed by atoms with Crippen LogP contribution in [0.4, 0.5) is 10.1 Å². The third kappa shape index (κ3) is 3.09. The molecule has 19 heavy (non-hydrogen) atoms. The number of rotatable bonds is 2. The smallest absolute Gasteiger partial charge is 0.258 e. The standard InChI is InChI=1S/C14H12ClFN2O/c1-8-3-4-9(2)12(5-8)18-14(19)11-6-10(16)7-17-13(11)15/h3-7H,1-2H3,(H,18,19). The van der Waals surface area contributed by atoms with Crippen molar-refractivity contribution in [3.63, 3.8) is 0 Å². The molecule has 1 amide bonds. The number of anilines is 1. The first-order valence-corrected chi connectivity index (χ1v) is 6.05. The fraction of sp³-hybridized carbons (Fsp3) is 0.143. The van der Waals surface area contributed by atoms with Crippen molar-refractivity contribution in [1.29, 1.82) is 0 Å². The molecule has 1 aromatic heterocycles. The Bertz CT molecular complexity index is 643. The molecular formula is C14H12ClFN2O. The van der Waals surface area contributed by atoms with Gasteiger partial charge in [-0.1, -0.05) is 23.7 Å². The summed E-state index contributed by atoms with van der Waals surface area (Å²) < 4.78 is 13.1. The third-order valence-electron chi connectivity index (χ3n) is 2.69. The minimum absolute atomic E-state index is 0.0163. The van der Waals surface area contributed by atoms with Crippen molar-refractivity contribution >= 4 is 23.2 Å². The van der Waals surface area contributed by atoms with Gasteiger partial charge in [-0.05, 0) is 37.1 Å². The second-order valence-electron chi connectivity index (χ2n) is 4.26. The Balaban J connectivity index is 2.30. The summed E-state index contributed by atoms with van der Waals surface area (Å²) in [6, 6.07) is 6.75. The minimum atomic E-state index is -0.601. The molecule has 0 radical (unpaired) electrons. The Kier molecular flexibility index (Phi) is 3.81. The number of benzene rings is 1. The van der Waals surface area contributed by atoms with Gasteiger partial charge in [-0.25, -0.2) is 9.37 Å². The van der Waals surface area contributed by atoms with E-state index < -0.39 is 11.7 Å². The molecule has 2 aromatic rings. The van der Waals surface area contributed by atoms with E-state index in [-0.39, 0.29) is 10.7 Å². The molecular weight excluding hydrogens is 267 g/mol. The number of aromatic nitrogens is 1. The second-order valence-corrected chi connectivity index (χ2v) is 4.62. The number of pyridine rings is 1. The highest BCUT2D eigenvalue weighted by atomic mass is 35.5. The van der Waals surface area contributed by atoms with Crippen LogP contribution in [-0.2, 0) is 0 Å². The first-order chi connectivity index (χ1) is 8.97. The maximum atomic E-state index is 13.1. The average molecular weight is 279 g/mol. The van der Waals surface area contributed by atoms with Crippen molar-refractivity contribution in [3.05, 3.63) is 58.1 Å². The largest absolute Gasteiger partial charge is 0.322 e. The molecule has 0 aliphatic rings. The number of carbonyl (C=O) groups excluding carboxylic acids is 1. The first kappa shape index (κ1) is 13.5. The molecule has 1 aromatic carbocycles. The Labute approximate surface area is 115 Å². The first-order valence-electron chi connectivity index (χ1n) is 5.67. The molecule has 2 rings (SSSR count). The van der Waals surface area contributed by atoms with Gasteiger partial charge < -0.3 is 5.32 Å². The summed E-state index contributed by atoms with van der Waals surface area (Å²) in [7, 11) is 0. The lowest BCUT2D eigenvalue weighted by Crippen LogP contribution is -2.14. The lowest BCUT2D eigenvalue weighted by Gasteiger charge is -2.10. The summed E-state index contributed by atoms with van der Waals surface area (Å²) in [6.45, 7) is 3.80. The zero-order valence-electron chi connectivity index (χ0n) is 10.5. The predicted molar refractivity (Wildman–Crippen MR) is 73.1 cm³/mol. The van der Waals surface area contributed by atoms with Crippen molar-refractivity contribution in [3.8, 4) is 0 Å². The fourth-order valence-corrected chi connectivity index (χ4v) is 1.83. The van der Waals surface area contributed by atoms with Crippen LogP contribution in [0.15, 0.2) is 30.5 Å². The van der Waals surface area contributed by atoms with Crippen LogP contribution < -0.4 is 5.32 Å². The van der Waals surface area contributed by atoms with Crippen LogP contribution in [0.5, 0.6) is 0 Å². The van der Waals surface area contributed by atoms with Crippen molar-refractivity contribution in [2.24, 2.45) is 0 Å². The molecule has 0 atom stereocenters. The number of halogens is 2. The summed E-state index contributed by atoms with van der Waals surface area (Å²) >= 11 is 5.79. The van der Waals surface area contributed by atoms with Gasteiger partial charge in [0.05, 0.1) is 11.8 Å². The normalized spacial score (nSPS) is 10.3. The van der Waals surface area contributed by atoms with Crippen LogP contribution >= 0.6 is 11.6 Å². The highest BCUT2D eigenvalue weighted by Gasteiger charge is 2.13. The van der Waals surface area contributed by atoms with E-state index in [4.69, 9.17) is 11.6 Å². The highest BCUT2D eigenvalue weighted by molar-refractivity contribution is 6.33. The van der Waals surface area contributed by atoms with Gasteiger partial charge in [0.25, 0.3) is 5.91 Å². The molecule has 98 valence electrons. The predicted octanol–water partition coefficient (Wildman–Crippen LogP) is 3.74. The average Bonchev–Trinajstić information content (AvgIpc) is 2.36. The van der Waals surface area contributed by atoms with Crippen molar-refractivity contribution in [2.45, 2.75) is 13.8 Å². The van der Waals surface area contributed by atoms with Crippen LogP contribution in [0.1, 0.15) is 21.5 Å². The van der Waals surface area contributed by atoms with Gasteiger partial charge >= 0.3 is 0 Å². The maximum absolute atomic E-state index is 13.1. The molecule has 0 aliphatic carbocycles. The Morgan fingerprint density at radius 1 is 1.32 bits per heavy atom. The Hall–Kier alpha value is -1.94. The molecule has 0 saturated carbocycles. The number of nitrogens with one attached hydrogen (secondary N) is 1. The van der Waals surface area contributed by atoms with Crippen LogP contribution in [0.2, 0.25) is 5.15 Å². The third-order valence-corrected chi connectivity index (χ3v) is 2.99. The van der Waals surface area contributed by atoms with E-state index in [1.54, 1.807) is 0 Å². The number of amides is 1. The van der Waals surface area contributed by atoms with Gasteiger partial charge in [0.2, 0.25) is 0 Å². The monoisotopic (exact) mass is 278 g/mol. The highest BCUT2D eigenvalue weighted by Crippen LogP contribution is 2.20. The molecule has 3 nitrogen and oxygen atoms in total. The molecule has 0 aliphatic heterocycles. The van der Waals surface area contributed by atoms with E-state index in [1.165, 1.54) is 0 Å². The minimum Gasteiger partial charge on any atom is -0.322 e. The SMILES string of the molecule is Cc1ccc(C)c(NC(=O)c2cc(F)cnc2Cl)c1. The molecule has 0 unspecified atom stereocenters. The molecule has 5 heteroatoms. The molecule has 1 N–H and O–H groups in total. The lowest BCUT2D eigenvalue weighted by molar-refractivity contribution is 0.102. The Morgan fingerprint density at radius 3 is 2.79 bits per heavy atom. The van der Waals surface area contributed by atoms with Gasteiger partial charge in [-0.3, -0.25) is 4.79 Å². The fourth-order valence-electron chi connectivity index (χ4n) is 1.64. The Morgan fingerprint density at radius 2 is 2.05 bits per heavy atom. The van der Waals surface area contributed by atoms with Gasteiger partial charge in [0, 0.05) is 5.69 Å². The van der Waals surface area contributed by atoms with E-state index in [2.05, 4.69) is 10.3 Å². The molecule has 1 heterocycles. The number of aryl methyl sites for hydroxylation is 2. The topological polar surface area (TPSA) is 42.0 Å². The summed E-state index contributed by atoms with van der Waals surface area (Å²) in [4.78, 5) is 15.7. The van der Waals surface area contributed by atoms with E-state index in [1.807, 2.05) is 32.0 Å². The number of carbonyl (C=O) groups is 1. The van der Waals surface area contributed by atoms with Crippen molar-refractivity contribution < 1.29 is 9.18 Å². The number of hydrogen-bond acceptors (Lipinski definition) is 2. The number of hydrogen-bond donors (Lipinski definition) is 1. The summed E-state index contributed by atoms with van der Waals surface area (Å²) in [5, 5.41) is 2.68. The number of nitrogens with zero attached hydrogens (tertiary/aromatic N) is 1. The second kappa shape index (κ2) is 5.36. The quantitative estimate of drug-likeness (QED) is 0.850. The van der Waals surface area contributed by atoms with Crippen molar-refractivity contribution in [2.75, 3.05) is 5.32 Å². The van der Waals surface area contributed by atoms with Crippen LogP contribution in [0.3, 0.4) is 0 Å². The van der Waals surface area contributed by atoms with Gasteiger partial charge in [-0.15, -0.1) is 0 Å². The molecule has 0 fully saturated rings. The zero-order chi connectivity index (χ0) is 14.0. The lowest BCUT2D eigenvalue weighted by atomic mass is 10.1. The van der Waals surface area contributed by atoms with E-state index in [0.717, 1.165) is 23.4 Å². The van der Waals surface area contributed by atoms with Crippen LogP contribution in [-0.4, -0.2) is 10.9 Å². The summed E-state index contributed by atoms with van der Waals surface area (Å²) in [5.41, 5.74) is 2.62. The maximum Gasteiger partial charge on any atom is 0.258 e. The summed E-state index contributed by atoms with van der Waals surface area (Å²) in [6.07, 6.45) is 0.969. The molecule has 0 spiro atoms. The van der Waals surface area contributed by atoms with E-state index in [0.29, 0.717) is 5.69 Å². The van der Waals surface area contributed by atoms with Crippen molar-refractivity contribution in [1.82, 2.24) is 4.98 Å². The molecule has 0 bridgehead atoms. The van der Waals surface area contributed by atoms with Crippen LogP contribution in [0.25, 0.3) is 0 Å². The summed E-state index contributed by atoms with van der Waals surface area (Å²) in [5.74, 6) is -1.08. The van der Waals surface area contributed by atoms with Crippen LogP contribution in [0, 0.1) is 19.7 Å². The van der Waals surface area contributed by atoms with E-state index in [9.17, 15) is 9.18 Å². The molecule has 0 saturated heterocycles. The van der Waals surface area contributed by atoms with Gasteiger partial charge in [0.15, 0.2) is 0 Å². The zero-order valence-corrected chi connectivity index (χ0v) is 11.3. The van der Waals surface area contributed by atoms with Gasteiger partial charge in [0.1, 0.15) is 11.0 Å².